The summed E-state index contributed by atoms with van der Waals surface area (Å²) < 4.78 is 35.9. The molecular formula is C19H20N2O5S. The Morgan fingerprint density at radius 3 is 2.44 bits per heavy atom. The third-order valence-electron chi connectivity index (χ3n) is 3.91. The smallest absolute Gasteiger partial charge is 0.255 e. The van der Waals surface area contributed by atoms with E-state index in [0.29, 0.717) is 41.7 Å². The van der Waals surface area contributed by atoms with E-state index in [0.717, 1.165) is 6.26 Å². The highest BCUT2D eigenvalue weighted by Crippen LogP contribution is 2.32. The second-order valence-corrected chi connectivity index (χ2v) is 7.85. The fourth-order valence-electron chi connectivity index (χ4n) is 2.65. The van der Waals surface area contributed by atoms with Crippen LogP contribution in [0.1, 0.15) is 10.4 Å². The number of anilines is 2. The number of ether oxygens (including phenoxy) is 2. The first-order valence-corrected chi connectivity index (χ1v) is 10.1. The number of carbonyl (C=O) groups is 1. The number of sulfonamides is 1. The molecule has 0 radical (unpaired) electrons. The van der Waals surface area contributed by atoms with Crippen molar-refractivity contribution in [2.45, 2.75) is 0 Å². The average Bonchev–Trinajstić information content (AvgIpc) is 2.65. The molecule has 1 aliphatic rings. The fourth-order valence-corrected chi connectivity index (χ4v) is 3.53. The molecule has 1 N–H and O–H groups in total. The SMILES string of the molecule is C=CCN(c1ccc(C(=O)Nc2ccc3c(c2)OCCO3)cc1)S(C)(=O)=O. The number of fused-ring (bicyclic) bond motifs is 1. The van der Waals surface area contributed by atoms with Crippen molar-refractivity contribution in [2.24, 2.45) is 0 Å². The summed E-state index contributed by atoms with van der Waals surface area (Å²) >= 11 is 0. The summed E-state index contributed by atoms with van der Waals surface area (Å²) in [6, 6.07) is 11.5. The van der Waals surface area contributed by atoms with E-state index in [1.54, 1.807) is 42.5 Å². The van der Waals surface area contributed by atoms with Gasteiger partial charge in [0.15, 0.2) is 11.5 Å². The number of nitrogens with one attached hydrogen (secondary N) is 1. The van der Waals surface area contributed by atoms with Crippen molar-refractivity contribution in [2.75, 3.05) is 35.6 Å². The molecule has 0 bridgehead atoms. The van der Waals surface area contributed by atoms with Crippen LogP contribution < -0.4 is 19.1 Å². The van der Waals surface area contributed by atoms with E-state index in [2.05, 4.69) is 11.9 Å². The summed E-state index contributed by atoms with van der Waals surface area (Å²) in [5, 5.41) is 2.79. The highest BCUT2D eigenvalue weighted by atomic mass is 32.2. The van der Waals surface area contributed by atoms with Crippen LogP contribution >= 0.6 is 0 Å². The Balaban J connectivity index is 1.75. The Morgan fingerprint density at radius 2 is 1.81 bits per heavy atom. The lowest BCUT2D eigenvalue weighted by Gasteiger charge is -2.21. The minimum absolute atomic E-state index is 0.154. The summed E-state index contributed by atoms with van der Waals surface area (Å²) in [4.78, 5) is 12.5. The van der Waals surface area contributed by atoms with Gasteiger partial charge in [-0.1, -0.05) is 6.08 Å². The molecule has 0 aliphatic carbocycles. The van der Waals surface area contributed by atoms with E-state index in [4.69, 9.17) is 9.47 Å². The lowest BCUT2D eigenvalue weighted by atomic mass is 10.2. The third-order valence-corrected chi connectivity index (χ3v) is 5.07. The van der Waals surface area contributed by atoms with E-state index in [9.17, 15) is 13.2 Å². The number of benzene rings is 2. The molecule has 0 atom stereocenters. The summed E-state index contributed by atoms with van der Waals surface area (Å²) in [6.45, 7) is 4.69. The third kappa shape index (κ3) is 4.40. The van der Waals surface area contributed by atoms with Crippen molar-refractivity contribution < 1.29 is 22.7 Å². The van der Waals surface area contributed by atoms with Crippen LogP contribution in [0.5, 0.6) is 11.5 Å². The van der Waals surface area contributed by atoms with Gasteiger partial charge in [0, 0.05) is 17.3 Å². The first kappa shape index (κ1) is 18.8. The molecule has 0 spiro atoms. The second kappa shape index (κ2) is 7.71. The molecule has 27 heavy (non-hydrogen) atoms. The number of amides is 1. The molecule has 0 saturated carbocycles. The van der Waals surface area contributed by atoms with Crippen LogP contribution in [-0.2, 0) is 10.0 Å². The van der Waals surface area contributed by atoms with Crippen molar-refractivity contribution in [3.63, 3.8) is 0 Å². The van der Waals surface area contributed by atoms with Gasteiger partial charge >= 0.3 is 0 Å². The van der Waals surface area contributed by atoms with Crippen LogP contribution in [0.25, 0.3) is 0 Å². The molecular weight excluding hydrogens is 368 g/mol. The van der Waals surface area contributed by atoms with Crippen LogP contribution in [0.2, 0.25) is 0 Å². The molecule has 2 aromatic carbocycles. The van der Waals surface area contributed by atoms with Crippen molar-refractivity contribution >= 4 is 27.3 Å². The van der Waals surface area contributed by atoms with Gasteiger partial charge in [-0.2, -0.15) is 0 Å². The van der Waals surface area contributed by atoms with Crippen LogP contribution in [0.3, 0.4) is 0 Å². The van der Waals surface area contributed by atoms with Crippen molar-refractivity contribution in [3.8, 4) is 11.5 Å². The summed E-state index contributed by atoms with van der Waals surface area (Å²) in [7, 11) is -3.43. The maximum absolute atomic E-state index is 12.5. The molecule has 2 aromatic rings. The Morgan fingerprint density at radius 1 is 1.15 bits per heavy atom. The zero-order valence-corrected chi connectivity index (χ0v) is 15.7. The molecule has 0 saturated heterocycles. The molecule has 7 nitrogen and oxygen atoms in total. The first-order chi connectivity index (χ1) is 12.9. The van der Waals surface area contributed by atoms with Crippen LogP contribution in [0, 0.1) is 0 Å². The molecule has 8 heteroatoms. The van der Waals surface area contributed by atoms with E-state index in [1.807, 2.05) is 0 Å². The Labute approximate surface area is 158 Å². The van der Waals surface area contributed by atoms with Gasteiger partial charge in [-0.25, -0.2) is 8.42 Å². The summed E-state index contributed by atoms with van der Waals surface area (Å²) in [5.74, 6) is 0.919. The zero-order chi connectivity index (χ0) is 19.4. The van der Waals surface area contributed by atoms with Gasteiger partial charge in [0.25, 0.3) is 5.91 Å². The predicted molar refractivity (Wildman–Crippen MR) is 104 cm³/mol. The van der Waals surface area contributed by atoms with Crippen molar-refractivity contribution in [1.29, 1.82) is 0 Å². The highest BCUT2D eigenvalue weighted by molar-refractivity contribution is 7.92. The molecule has 0 aromatic heterocycles. The van der Waals surface area contributed by atoms with Gasteiger partial charge in [0.05, 0.1) is 18.5 Å². The topological polar surface area (TPSA) is 84.9 Å². The average molecular weight is 388 g/mol. The van der Waals surface area contributed by atoms with Gasteiger partial charge in [-0.3, -0.25) is 9.10 Å². The first-order valence-electron chi connectivity index (χ1n) is 8.28. The lowest BCUT2D eigenvalue weighted by Crippen LogP contribution is -2.29. The van der Waals surface area contributed by atoms with E-state index in [1.165, 1.54) is 10.4 Å². The Hall–Kier alpha value is -3.00. The predicted octanol–water partition coefficient (Wildman–Crippen LogP) is 2.66. The largest absolute Gasteiger partial charge is 0.486 e. The van der Waals surface area contributed by atoms with E-state index < -0.39 is 10.0 Å². The second-order valence-electron chi connectivity index (χ2n) is 5.94. The highest BCUT2D eigenvalue weighted by Gasteiger charge is 2.17. The molecule has 0 unspecified atom stereocenters. The molecule has 1 amide bonds. The van der Waals surface area contributed by atoms with Crippen LogP contribution in [-0.4, -0.2) is 40.3 Å². The van der Waals surface area contributed by atoms with Gasteiger partial charge < -0.3 is 14.8 Å². The fraction of sp³-hybridized carbons (Fsp3) is 0.211. The summed E-state index contributed by atoms with van der Waals surface area (Å²) in [5.41, 5.74) is 1.45. The summed E-state index contributed by atoms with van der Waals surface area (Å²) in [6.07, 6.45) is 2.63. The number of nitrogens with zero attached hydrogens (tertiary/aromatic N) is 1. The van der Waals surface area contributed by atoms with Gasteiger partial charge in [0.1, 0.15) is 13.2 Å². The minimum Gasteiger partial charge on any atom is -0.486 e. The van der Waals surface area contributed by atoms with E-state index in [-0.39, 0.29) is 12.5 Å². The maximum atomic E-state index is 12.5. The molecule has 1 heterocycles. The number of rotatable bonds is 6. The van der Waals surface area contributed by atoms with Crippen molar-refractivity contribution in [1.82, 2.24) is 0 Å². The normalized spacial score (nSPS) is 12.9. The Bertz CT molecular complexity index is 955. The monoisotopic (exact) mass is 388 g/mol. The molecule has 142 valence electrons. The zero-order valence-electron chi connectivity index (χ0n) is 14.8. The minimum atomic E-state index is -3.43. The molecule has 1 aliphatic heterocycles. The molecule has 3 rings (SSSR count). The quantitative estimate of drug-likeness (QED) is 0.769. The number of carbonyl (C=O) groups excluding carboxylic acids is 1. The number of hydrogen-bond acceptors (Lipinski definition) is 5. The van der Waals surface area contributed by atoms with Gasteiger partial charge in [0.2, 0.25) is 10.0 Å². The van der Waals surface area contributed by atoms with E-state index >= 15 is 0 Å². The van der Waals surface area contributed by atoms with Gasteiger partial charge in [-0.05, 0) is 36.4 Å². The number of hydrogen-bond donors (Lipinski definition) is 1. The van der Waals surface area contributed by atoms with Crippen LogP contribution in [0.4, 0.5) is 11.4 Å². The Kier molecular flexibility index (Phi) is 5.36. The standard InChI is InChI=1S/C19H20N2O5S/c1-3-10-21(27(2,23)24)16-7-4-14(5-8-16)19(22)20-15-6-9-17-18(13-15)26-12-11-25-17/h3-9,13H,1,10-12H2,2H3,(H,20,22). The molecule has 0 fully saturated rings. The maximum Gasteiger partial charge on any atom is 0.255 e. The van der Waals surface area contributed by atoms with Crippen molar-refractivity contribution in [3.05, 3.63) is 60.7 Å². The van der Waals surface area contributed by atoms with Gasteiger partial charge in [-0.15, -0.1) is 6.58 Å². The van der Waals surface area contributed by atoms with Crippen LogP contribution in [0.15, 0.2) is 55.1 Å². The lowest BCUT2D eigenvalue weighted by molar-refractivity contribution is 0.102.